The minimum absolute atomic E-state index is 0.766. The van der Waals surface area contributed by atoms with E-state index < -0.39 is 0 Å². The summed E-state index contributed by atoms with van der Waals surface area (Å²) in [5.74, 6) is 0. The van der Waals surface area contributed by atoms with Crippen LogP contribution >= 0.6 is 0 Å². The molecule has 0 aromatic carbocycles. The van der Waals surface area contributed by atoms with Crippen LogP contribution in [-0.2, 0) is 0 Å². The molecule has 5 radical (unpaired) electrons. The zero-order valence-electron chi connectivity index (χ0n) is 4.80. The van der Waals surface area contributed by atoms with Gasteiger partial charge in [-0.25, -0.2) is 0 Å². The lowest BCUT2D eigenvalue weighted by Crippen LogP contribution is -2.13. The fourth-order valence-corrected chi connectivity index (χ4v) is 0.287. The van der Waals surface area contributed by atoms with E-state index in [0.717, 1.165) is 6.54 Å². The van der Waals surface area contributed by atoms with Gasteiger partial charge in [-0.2, -0.15) is 0 Å². The van der Waals surface area contributed by atoms with Crippen molar-refractivity contribution in [2.75, 3.05) is 6.54 Å². The normalized spacial score (nSPS) is 9.75. The third-order valence-electron chi connectivity index (χ3n) is 0.607. The van der Waals surface area contributed by atoms with Crippen LogP contribution in [0.5, 0.6) is 0 Å². The Morgan fingerprint density at radius 3 is 2.88 bits per heavy atom. The molecule has 0 aromatic heterocycles. The SMILES string of the molecule is [CH2][CH][CH]NC[CH][CH]N. The summed E-state index contributed by atoms with van der Waals surface area (Å²) in [6.07, 6.45) is 3.50. The van der Waals surface area contributed by atoms with Gasteiger partial charge < -0.3 is 11.1 Å². The van der Waals surface area contributed by atoms with Crippen molar-refractivity contribution in [1.82, 2.24) is 5.32 Å². The van der Waals surface area contributed by atoms with Gasteiger partial charge in [0.2, 0.25) is 0 Å². The molecule has 45 valence electrons. The summed E-state index contributed by atoms with van der Waals surface area (Å²) in [6.45, 7) is 7.52. The lowest BCUT2D eigenvalue weighted by molar-refractivity contribution is 0.874. The van der Waals surface area contributed by atoms with Gasteiger partial charge in [0.1, 0.15) is 0 Å². The van der Waals surface area contributed by atoms with Crippen molar-refractivity contribution in [3.05, 3.63) is 32.9 Å². The summed E-state index contributed by atoms with van der Waals surface area (Å²) in [4.78, 5) is 0. The average molecular weight is 111 g/mol. The molecular formula is C6H11N2. The Hall–Kier alpha value is -0.0800. The summed E-state index contributed by atoms with van der Waals surface area (Å²) >= 11 is 0. The van der Waals surface area contributed by atoms with Crippen molar-refractivity contribution in [3.8, 4) is 0 Å². The van der Waals surface area contributed by atoms with E-state index in [9.17, 15) is 0 Å². The predicted molar refractivity (Wildman–Crippen MR) is 34.7 cm³/mol. The quantitative estimate of drug-likeness (QED) is 0.494. The van der Waals surface area contributed by atoms with Gasteiger partial charge in [-0.05, 0) is 19.8 Å². The van der Waals surface area contributed by atoms with Crippen LogP contribution in [0.1, 0.15) is 0 Å². The highest BCUT2D eigenvalue weighted by Crippen LogP contribution is 1.76. The Labute approximate surface area is 51.5 Å². The summed E-state index contributed by atoms with van der Waals surface area (Å²) in [5.41, 5.74) is 5.05. The molecule has 0 spiro atoms. The van der Waals surface area contributed by atoms with Gasteiger partial charge in [-0.15, -0.1) is 0 Å². The average Bonchev–Trinajstić information content (AvgIpc) is 1.81. The number of nitrogens with one attached hydrogen (secondary N) is 1. The second kappa shape index (κ2) is 6.92. The maximum absolute atomic E-state index is 5.05. The molecule has 8 heavy (non-hydrogen) atoms. The Morgan fingerprint density at radius 1 is 1.62 bits per heavy atom. The minimum Gasteiger partial charge on any atom is -0.326 e. The maximum atomic E-state index is 5.05. The van der Waals surface area contributed by atoms with E-state index in [0.29, 0.717) is 0 Å². The van der Waals surface area contributed by atoms with Crippen molar-refractivity contribution in [2.45, 2.75) is 0 Å². The first kappa shape index (κ1) is 7.92. The van der Waals surface area contributed by atoms with Gasteiger partial charge in [-0.1, -0.05) is 0 Å². The van der Waals surface area contributed by atoms with Crippen LogP contribution in [0.4, 0.5) is 0 Å². The van der Waals surface area contributed by atoms with Crippen molar-refractivity contribution in [3.63, 3.8) is 0 Å². The zero-order chi connectivity index (χ0) is 6.24. The Kier molecular flexibility index (Phi) is 6.85. The predicted octanol–water partition coefficient (Wildman–Crippen LogP) is 0.101. The number of rotatable bonds is 5. The van der Waals surface area contributed by atoms with Crippen LogP contribution in [0.3, 0.4) is 0 Å². The molecular weight excluding hydrogens is 100 g/mol. The first-order valence-electron chi connectivity index (χ1n) is 2.46. The van der Waals surface area contributed by atoms with Gasteiger partial charge in [0.15, 0.2) is 0 Å². The molecule has 0 unspecified atom stereocenters. The molecule has 0 fully saturated rings. The molecule has 0 saturated heterocycles. The van der Waals surface area contributed by atoms with Gasteiger partial charge >= 0.3 is 0 Å². The fourth-order valence-electron chi connectivity index (χ4n) is 0.287. The highest BCUT2D eigenvalue weighted by Gasteiger charge is 1.82. The number of hydrogen-bond acceptors (Lipinski definition) is 2. The van der Waals surface area contributed by atoms with Crippen molar-refractivity contribution in [1.29, 1.82) is 0 Å². The van der Waals surface area contributed by atoms with Gasteiger partial charge in [0.05, 0.1) is 0 Å². The van der Waals surface area contributed by atoms with E-state index in [-0.39, 0.29) is 0 Å². The van der Waals surface area contributed by atoms with Gasteiger partial charge in [0.25, 0.3) is 0 Å². The van der Waals surface area contributed by atoms with Crippen LogP contribution in [-0.4, -0.2) is 6.54 Å². The molecule has 0 aliphatic heterocycles. The molecule has 0 atom stereocenters. The Morgan fingerprint density at radius 2 is 2.38 bits per heavy atom. The first-order chi connectivity index (χ1) is 3.91. The molecule has 0 saturated carbocycles. The van der Waals surface area contributed by atoms with E-state index in [4.69, 9.17) is 5.73 Å². The molecule has 0 amide bonds. The number of hydrogen-bond donors (Lipinski definition) is 2. The molecule has 0 aromatic rings. The third kappa shape index (κ3) is 5.92. The second-order valence-electron chi connectivity index (χ2n) is 1.24. The lowest BCUT2D eigenvalue weighted by atomic mass is 10.4. The molecule has 0 aliphatic carbocycles. The molecule has 3 N–H and O–H groups in total. The minimum atomic E-state index is 0.766. The van der Waals surface area contributed by atoms with Crippen molar-refractivity contribution in [2.24, 2.45) is 5.73 Å². The first-order valence-corrected chi connectivity index (χ1v) is 2.46. The lowest BCUT2D eigenvalue weighted by Gasteiger charge is -1.96. The van der Waals surface area contributed by atoms with E-state index in [1.165, 1.54) is 6.54 Å². The Bertz CT molecular complexity index is 31.5. The fraction of sp³-hybridized carbons (Fsp3) is 0.167. The Balaban J connectivity index is 2.53. The topological polar surface area (TPSA) is 38.0 Å². The van der Waals surface area contributed by atoms with Crippen LogP contribution in [0.25, 0.3) is 0 Å². The molecule has 0 aliphatic rings. The van der Waals surface area contributed by atoms with Crippen LogP contribution < -0.4 is 11.1 Å². The molecule has 2 heteroatoms. The van der Waals surface area contributed by atoms with E-state index >= 15 is 0 Å². The van der Waals surface area contributed by atoms with E-state index in [1.807, 2.05) is 6.42 Å². The highest BCUT2D eigenvalue weighted by molar-refractivity contribution is 4.87. The molecule has 0 rings (SSSR count). The van der Waals surface area contributed by atoms with E-state index in [2.05, 4.69) is 12.2 Å². The smallest absolute Gasteiger partial charge is 0.0255 e. The van der Waals surface area contributed by atoms with Crippen LogP contribution in [0, 0.1) is 32.9 Å². The summed E-state index contributed by atoms with van der Waals surface area (Å²) < 4.78 is 0. The number of nitrogens with two attached hydrogens (primary N) is 1. The summed E-state index contributed by atoms with van der Waals surface area (Å²) in [7, 11) is 0. The monoisotopic (exact) mass is 111 g/mol. The van der Waals surface area contributed by atoms with Crippen LogP contribution in [0.2, 0.25) is 0 Å². The van der Waals surface area contributed by atoms with Gasteiger partial charge in [-0.3, -0.25) is 0 Å². The maximum Gasteiger partial charge on any atom is 0.0255 e. The van der Waals surface area contributed by atoms with Crippen molar-refractivity contribution < 1.29 is 0 Å². The molecule has 2 nitrogen and oxygen atoms in total. The molecule has 0 bridgehead atoms. The standard InChI is InChI=1S/C6H11N2/c1-2-5-8-6-3-4-7/h2-5,8H,1,6-7H2. The second-order valence-corrected chi connectivity index (χ2v) is 1.24. The van der Waals surface area contributed by atoms with Crippen molar-refractivity contribution >= 4 is 0 Å². The molecule has 0 heterocycles. The van der Waals surface area contributed by atoms with Gasteiger partial charge in [0, 0.05) is 19.6 Å². The summed E-state index contributed by atoms with van der Waals surface area (Å²) in [6, 6.07) is 0. The highest BCUT2D eigenvalue weighted by atomic mass is 14.8. The largest absolute Gasteiger partial charge is 0.326 e. The summed E-state index contributed by atoms with van der Waals surface area (Å²) in [5, 5.41) is 2.93. The van der Waals surface area contributed by atoms with Crippen LogP contribution in [0.15, 0.2) is 0 Å². The van der Waals surface area contributed by atoms with E-state index in [1.54, 1.807) is 13.0 Å². The third-order valence-corrected chi connectivity index (χ3v) is 0.607. The zero-order valence-corrected chi connectivity index (χ0v) is 4.80.